The molecule has 7 heteroatoms. The first-order valence-corrected chi connectivity index (χ1v) is 7.90. The van der Waals surface area contributed by atoms with Crippen LogP contribution in [0.5, 0.6) is 0 Å². The number of halogens is 2. The number of carbonyl (C=O) groups excluding carboxylic acids is 1. The molecule has 2 amide bonds. The van der Waals surface area contributed by atoms with Gasteiger partial charge >= 0.3 is 6.09 Å². The van der Waals surface area contributed by atoms with Crippen molar-refractivity contribution in [3.05, 3.63) is 33.8 Å². The van der Waals surface area contributed by atoms with Crippen LogP contribution in [0.3, 0.4) is 0 Å². The highest BCUT2D eigenvalue weighted by Crippen LogP contribution is 2.53. The molecule has 5 nitrogen and oxygen atoms in total. The quantitative estimate of drug-likeness (QED) is 0.866. The van der Waals surface area contributed by atoms with E-state index in [1.165, 1.54) is 4.90 Å². The third-order valence-corrected chi connectivity index (χ3v) is 5.09. The highest BCUT2D eigenvalue weighted by molar-refractivity contribution is 6.35. The molecule has 1 atom stereocenters. The number of carboxylic acid groups (broad SMARTS) is 1. The van der Waals surface area contributed by atoms with Crippen molar-refractivity contribution in [2.75, 3.05) is 13.1 Å². The fourth-order valence-electron chi connectivity index (χ4n) is 3.17. The van der Waals surface area contributed by atoms with Crippen LogP contribution in [0, 0.1) is 5.41 Å². The molecule has 0 unspecified atom stereocenters. The standard InChI is InChI=1S/C15H16Cl2N2O3/c16-10-5-9(6-11(17)7-10)13(20)18-12-8-15(12)1-3-19(4-2-15)14(21)22/h5-7,12H,1-4,8H2,(H,18,20)(H,21,22)/t12-/m1/s1. The Morgan fingerprint density at radius 3 is 2.32 bits per heavy atom. The molecule has 3 rings (SSSR count). The van der Waals surface area contributed by atoms with E-state index in [4.69, 9.17) is 28.3 Å². The number of hydrogen-bond acceptors (Lipinski definition) is 2. The van der Waals surface area contributed by atoms with E-state index in [1.807, 2.05) is 0 Å². The van der Waals surface area contributed by atoms with E-state index in [1.54, 1.807) is 18.2 Å². The lowest BCUT2D eigenvalue weighted by molar-refractivity contribution is 0.0927. The highest BCUT2D eigenvalue weighted by atomic mass is 35.5. The average Bonchev–Trinajstić information content (AvgIpc) is 3.09. The number of nitrogens with one attached hydrogen (secondary N) is 1. The predicted octanol–water partition coefficient (Wildman–Crippen LogP) is 3.26. The van der Waals surface area contributed by atoms with E-state index in [-0.39, 0.29) is 17.4 Å². The molecule has 22 heavy (non-hydrogen) atoms. The first-order valence-electron chi connectivity index (χ1n) is 7.14. The van der Waals surface area contributed by atoms with Crippen LogP contribution in [0.1, 0.15) is 29.6 Å². The Morgan fingerprint density at radius 2 is 1.77 bits per heavy atom. The van der Waals surface area contributed by atoms with E-state index in [9.17, 15) is 9.59 Å². The summed E-state index contributed by atoms with van der Waals surface area (Å²) in [6.45, 7) is 1.06. The zero-order valence-corrected chi connectivity index (χ0v) is 13.3. The Bertz CT molecular complexity index is 607. The van der Waals surface area contributed by atoms with E-state index < -0.39 is 6.09 Å². The first kappa shape index (κ1) is 15.4. The molecule has 0 aromatic heterocycles. The molecule has 1 aliphatic carbocycles. The number of amides is 2. The summed E-state index contributed by atoms with van der Waals surface area (Å²) in [5.74, 6) is -0.188. The minimum atomic E-state index is -0.871. The maximum atomic E-state index is 12.3. The molecule has 118 valence electrons. The Hall–Kier alpha value is -1.46. The van der Waals surface area contributed by atoms with Gasteiger partial charge in [0.1, 0.15) is 0 Å². The van der Waals surface area contributed by atoms with Gasteiger partial charge in [-0.15, -0.1) is 0 Å². The van der Waals surface area contributed by atoms with Crippen LogP contribution in [0.4, 0.5) is 4.79 Å². The topological polar surface area (TPSA) is 69.6 Å². The minimum Gasteiger partial charge on any atom is -0.465 e. The molecule has 1 aromatic carbocycles. The van der Waals surface area contributed by atoms with Crippen LogP contribution in [0.15, 0.2) is 18.2 Å². The second-order valence-corrected chi connectivity index (χ2v) is 6.89. The van der Waals surface area contributed by atoms with Crippen LogP contribution in [-0.2, 0) is 0 Å². The molecule has 1 spiro atoms. The van der Waals surface area contributed by atoms with Crippen LogP contribution < -0.4 is 5.32 Å². The molecular weight excluding hydrogens is 327 g/mol. The molecule has 1 saturated carbocycles. The van der Waals surface area contributed by atoms with E-state index >= 15 is 0 Å². The van der Waals surface area contributed by atoms with Crippen LogP contribution >= 0.6 is 23.2 Å². The average molecular weight is 343 g/mol. The van der Waals surface area contributed by atoms with Crippen molar-refractivity contribution in [2.24, 2.45) is 5.41 Å². The summed E-state index contributed by atoms with van der Waals surface area (Å²) in [5.41, 5.74) is 0.506. The van der Waals surface area contributed by atoms with E-state index in [0.29, 0.717) is 28.7 Å². The summed E-state index contributed by atoms with van der Waals surface area (Å²) in [4.78, 5) is 24.6. The van der Waals surface area contributed by atoms with Gasteiger partial charge in [0.25, 0.3) is 5.91 Å². The smallest absolute Gasteiger partial charge is 0.407 e. The lowest BCUT2D eigenvalue weighted by Crippen LogP contribution is -2.41. The number of hydrogen-bond donors (Lipinski definition) is 2. The Kier molecular flexibility index (Phi) is 3.95. The number of nitrogens with zero attached hydrogens (tertiary/aromatic N) is 1. The van der Waals surface area contributed by atoms with Crippen molar-refractivity contribution >= 4 is 35.2 Å². The lowest BCUT2D eigenvalue weighted by atomic mass is 9.93. The minimum absolute atomic E-state index is 0.0595. The van der Waals surface area contributed by atoms with Crippen LogP contribution in [0.2, 0.25) is 10.0 Å². The van der Waals surface area contributed by atoms with Gasteiger partial charge in [-0.1, -0.05) is 23.2 Å². The normalized spacial score (nSPS) is 22.5. The zero-order valence-electron chi connectivity index (χ0n) is 11.8. The summed E-state index contributed by atoms with van der Waals surface area (Å²) in [6.07, 6.45) is 1.62. The van der Waals surface area contributed by atoms with Crippen molar-refractivity contribution in [3.8, 4) is 0 Å². The van der Waals surface area contributed by atoms with Gasteiger partial charge in [0.05, 0.1) is 0 Å². The number of carbonyl (C=O) groups is 2. The molecule has 1 saturated heterocycles. The first-order chi connectivity index (χ1) is 10.4. The summed E-state index contributed by atoms with van der Waals surface area (Å²) in [7, 11) is 0. The molecular formula is C15H16Cl2N2O3. The fourth-order valence-corrected chi connectivity index (χ4v) is 3.70. The predicted molar refractivity (Wildman–Crippen MR) is 83.6 cm³/mol. The van der Waals surface area contributed by atoms with Gasteiger partial charge in [-0.05, 0) is 42.9 Å². The monoisotopic (exact) mass is 342 g/mol. The van der Waals surface area contributed by atoms with Gasteiger partial charge in [-0.25, -0.2) is 4.79 Å². The second-order valence-electron chi connectivity index (χ2n) is 6.02. The molecule has 0 radical (unpaired) electrons. The fraction of sp³-hybridized carbons (Fsp3) is 0.467. The van der Waals surface area contributed by atoms with Gasteiger partial charge < -0.3 is 15.3 Å². The molecule has 2 fully saturated rings. The molecule has 2 aliphatic rings. The van der Waals surface area contributed by atoms with Crippen molar-refractivity contribution in [3.63, 3.8) is 0 Å². The molecule has 1 aliphatic heterocycles. The third kappa shape index (κ3) is 3.01. The van der Waals surface area contributed by atoms with E-state index in [2.05, 4.69) is 5.32 Å². The SMILES string of the molecule is O=C(N[C@@H]1CC12CCN(C(=O)O)CC2)c1cc(Cl)cc(Cl)c1. The van der Waals surface area contributed by atoms with E-state index in [0.717, 1.165) is 19.3 Å². The van der Waals surface area contributed by atoms with Gasteiger partial charge in [-0.3, -0.25) is 4.79 Å². The lowest BCUT2D eigenvalue weighted by Gasteiger charge is -2.30. The summed E-state index contributed by atoms with van der Waals surface area (Å²) < 4.78 is 0. The summed E-state index contributed by atoms with van der Waals surface area (Å²) in [5, 5.41) is 12.8. The maximum Gasteiger partial charge on any atom is 0.407 e. The second kappa shape index (κ2) is 5.63. The van der Waals surface area contributed by atoms with Crippen LogP contribution in [0.25, 0.3) is 0 Å². The van der Waals surface area contributed by atoms with Crippen molar-refractivity contribution < 1.29 is 14.7 Å². The van der Waals surface area contributed by atoms with Crippen molar-refractivity contribution in [1.29, 1.82) is 0 Å². The zero-order chi connectivity index (χ0) is 15.9. The van der Waals surface area contributed by atoms with Gasteiger partial charge in [-0.2, -0.15) is 0 Å². The number of rotatable bonds is 2. The molecule has 0 bridgehead atoms. The van der Waals surface area contributed by atoms with Gasteiger partial charge in [0.2, 0.25) is 0 Å². The molecule has 1 aromatic rings. The summed E-state index contributed by atoms with van der Waals surface area (Å²) >= 11 is 11.8. The Labute approximate surface area is 138 Å². The van der Waals surface area contributed by atoms with Crippen LogP contribution in [-0.4, -0.2) is 41.1 Å². The Morgan fingerprint density at radius 1 is 1.18 bits per heavy atom. The van der Waals surface area contributed by atoms with Crippen molar-refractivity contribution in [2.45, 2.75) is 25.3 Å². The number of likely N-dealkylation sites (tertiary alicyclic amines) is 1. The number of benzene rings is 1. The highest BCUT2D eigenvalue weighted by Gasteiger charge is 2.56. The van der Waals surface area contributed by atoms with Gasteiger partial charge in [0, 0.05) is 34.7 Å². The van der Waals surface area contributed by atoms with Gasteiger partial charge in [0.15, 0.2) is 0 Å². The van der Waals surface area contributed by atoms with Crippen molar-refractivity contribution in [1.82, 2.24) is 10.2 Å². The maximum absolute atomic E-state index is 12.3. The third-order valence-electron chi connectivity index (χ3n) is 4.65. The number of piperidine rings is 1. The summed E-state index contributed by atoms with van der Waals surface area (Å²) in [6, 6.07) is 4.87. The molecule has 1 heterocycles. The Balaban J connectivity index is 1.59. The molecule has 2 N–H and O–H groups in total. The largest absolute Gasteiger partial charge is 0.465 e.